The number of nitrogens with zero attached hydrogens (tertiary/aromatic N) is 2. The molecule has 29 heavy (non-hydrogen) atoms. The second-order valence-corrected chi connectivity index (χ2v) is 6.87. The molecule has 0 saturated heterocycles. The fraction of sp³-hybridized carbons (Fsp3) is 0.150. The van der Waals surface area contributed by atoms with Crippen LogP contribution >= 0.6 is 23.2 Å². The van der Waals surface area contributed by atoms with E-state index >= 15 is 0 Å². The van der Waals surface area contributed by atoms with Crippen LogP contribution in [-0.4, -0.2) is 23.3 Å². The van der Waals surface area contributed by atoms with Crippen molar-refractivity contribution in [1.29, 1.82) is 0 Å². The maximum absolute atomic E-state index is 11.4. The Bertz CT molecular complexity index is 1100. The monoisotopic (exact) mass is 432 g/mol. The fourth-order valence-corrected chi connectivity index (χ4v) is 2.79. The summed E-state index contributed by atoms with van der Waals surface area (Å²) in [6, 6.07) is 12.1. The van der Waals surface area contributed by atoms with E-state index in [9.17, 15) is 4.79 Å². The quantitative estimate of drug-likeness (QED) is 0.426. The molecule has 0 atom stereocenters. The van der Waals surface area contributed by atoms with Crippen molar-refractivity contribution in [2.24, 2.45) is 5.10 Å². The lowest BCUT2D eigenvalue weighted by Gasteiger charge is -2.11. The van der Waals surface area contributed by atoms with Gasteiger partial charge in [0.1, 0.15) is 6.61 Å². The predicted octanol–water partition coefficient (Wildman–Crippen LogP) is 4.42. The molecule has 3 aromatic rings. The summed E-state index contributed by atoms with van der Waals surface area (Å²) in [6.07, 6.45) is 1.58. The highest BCUT2D eigenvalue weighted by molar-refractivity contribution is 6.42. The van der Waals surface area contributed by atoms with Gasteiger partial charge in [-0.2, -0.15) is 5.10 Å². The largest absolute Gasteiger partial charge is 0.493 e. The summed E-state index contributed by atoms with van der Waals surface area (Å²) < 4.78 is 11.2. The SMILES string of the molecule is COc1cc(/C=N\Nc2nc(C)cc(=O)[nH]2)ccc1OCc1ccc(Cl)c(Cl)c1. The van der Waals surface area contributed by atoms with E-state index in [1.807, 2.05) is 12.1 Å². The topological polar surface area (TPSA) is 88.6 Å². The molecular formula is C20H18Cl2N4O3. The molecule has 0 radical (unpaired) electrons. The lowest BCUT2D eigenvalue weighted by atomic mass is 10.2. The van der Waals surface area contributed by atoms with Crippen molar-refractivity contribution in [1.82, 2.24) is 9.97 Å². The number of nitrogens with one attached hydrogen (secondary N) is 2. The molecule has 9 heteroatoms. The third-order valence-corrected chi connectivity index (χ3v) is 4.56. The summed E-state index contributed by atoms with van der Waals surface area (Å²) in [6.45, 7) is 2.04. The molecule has 0 saturated carbocycles. The summed E-state index contributed by atoms with van der Waals surface area (Å²) in [5.74, 6) is 1.39. The Morgan fingerprint density at radius 2 is 1.97 bits per heavy atom. The van der Waals surface area contributed by atoms with Gasteiger partial charge in [-0.25, -0.2) is 10.4 Å². The number of aromatic amines is 1. The highest BCUT2D eigenvalue weighted by Gasteiger charge is 2.07. The smallest absolute Gasteiger partial charge is 0.252 e. The third kappa shape index (κ3) is 5.73. The van der Waals surface area contributed by atoms with Gasteiger partial charge in [0.25, 0.3) is 5.56 Å². The number of hydrogen-bond acceptors (Lipinski definition) is 6. The molecule has 0 amide bonds. The maximum Gasteiger partial charge on any atom is 0.252 e. The van der Waals surface area contributed by atoms with E-state index in [0.717, 1.165) is 11.1 Å². The summed E-state index contributed by atoms with van der Waals surface area (Å²) in [4.78, 5) is 18.1. The van der Waals surface area contributed by atoms with E-state index in [1.165, 1.54) is 6.07 Å². The van der Waals surface area contributed by atoms with Crippen molar-refractivity contribution in [2.75, 3.05) is 12.5 Å². The van der Waals surface area contributed by atoms with E-state index in [4.69, 9.17) is 32.7 Å². The summed E-state index contributed by atoms with van der Waals surface area (Å²) in [5, 5.41) is 5.05. The molecule has 3 rings (SSSR count). The number of aromatic nitrogens is 2. The number of benzene rings is 2. The van der Waals surface area contributed by atoms with Gasteiger partial charge in [0.2, 0.25) is 5.95 Å². The Morgan fingerprint density at radius 3 is 2.69 bits per heavy atom. The van der Waals surface area contributed by atoms with Crippen LogP contribution in [0.4, 0.5) is 5.95 Å². The molecule has 2 aromatic carbocycles. The first kappa shape index (κ1) is 20.7. The van der Waals surface area contributed by atoms with Crippen LogP contribution in [0.1, 0.15) is 16.8 Å². The lowest BCUT2D eigenvalue weighted by Crippen LogP contribution is -2.10. The van der Waals surface area contributed by atoms with Gasteiger partial charge >= 0.3 is 0 Å². The van der Waals surface area contributed by atoms with E-state index in [-0.39, 0.29) is 11.5 Å². The highest BCUT2D eigenvalue weighted by Crippen LogP contribution is 2.29. The van der Waals surface area contributed by atoms with Gasteiger partial charge in [0.15, 0.2) is 11.5 Å². The lowest BCUT2D eigenvalue weighted by molar-refractivity contribution is 0.284. The van der Waals surface area contributed by atoms with Crippen molar-refractivity contribution in [3.8, 4) is 11.5 Å². The van der Waals surface area contributed by atoms with Crippen LogP contribution in [0.2, 0.25) is 10.0 Å². The van der Waals surface area contributed by atoms with Crippen LogP contribution in [0.5, 0.6) is 11.5 Å². The number of aryl methyl sites for hydroxylation is 1. The zero-order chi connectivity index (χ0) is 20.8. The van der Waals surface area contributed by atoms with Crippen molar-refractivity contribution in [3.63, 3.8) is 0 Å². The Kier molecular flexibility index (Phi) is 6.74. The number of H-pyrrole nitrogens is 1. The molecule has 150 valence electrons. The Hall–Kier alpha value is -3.03. The molecule has 0 aliphatic carbocycles. The summed E-state index contributed by atoms with van der Waals surface area (Å²) >= 11 is 12.0. The summed E-state index contributed by atoms with van der Waals surface area (Å²) in [5.41, 5.74) is 4.69. The number of hydrazone groups is 1. The third-order valence-electron chi connectivity index (χ3n) is 3.82. The first-order valence-electron chi connectivity index (χ1n) is 8.56. The normalized spacial score (nSPS) is 10.9. The number of rotatable bonds is 7. The molecule has 2 N–H and O–H groups in total. The zero-order valence-corrected chi connectivity index (χ0v) is 17.2. The van der Waals surface area contributed by atoms with Crippen molar-refractivity contribution < 1.29 is 9.47 Å². The number of halogens is 2. The fourth-order valence-electron chi connectivity index (χ4n) is 2.47. The molecule has 1 heterocycles. The van der Waals surface area contributed by atoms with Crippen LogP contribution in [0.3, 0.4) is 0 Å². The van der Waals surface area contributed by atoms with Crippen molar-refractivity contribution in [2.45, 2.75) is 13.5 Å². The molecule has 0 fully saturated rings. The first-order chi connectivity index (χ1) is 13.9. The minimum atomic E-state index is -0.250. The number of anilines is 1. The van der Waals surface area contributed by atoms with Gasteiger partial charge in [-0.3, -0.25) is 9.78 Å². The molecule has 0 spiro atoms. The zero-order valence-electron chi connectivity index (χ0n) is 15.7. The van der Waals surface area contributed by atoms with E-state index in [2.05, 4.69) is 20.5 Å². The predicted molar refractivity (Wildman–Crippen MR) is 115 cm³/mol. The highest BCUT2D eigenvalue weighted by atomic mass is 35.5. The second-order valence-electron chi connectivity index (χ2n) is 6.05. The van der Waals surface area contributed by atoms with Crippen LogP contribution in [0.15, 0.2) is 52.4 Å². The number of ether oxygens (including phenoxy) is 2. The molecule has 0 bridgehead atoms. The summed E-state index contributed by atoms with van der Waals surface area (Å²) in [7, 11) is 1.56. The molecule has 0 aliphatic heterocycles. The van der Waals surface area contributed by atoms with Crippen molar-refractivity contribution in [3.05, 3.63) is 79.7 Å². The van der Waals surface area contributed by atoms with E-state index in [0.29, 0.717) is 33.8 Å². The Labute approximate surface area is 177 Å². The average Bonchev–Trinajstić information content (AvgIpc) is 2.68. The molecule has 1 aromatic heterocycles. The molecule has 7 nitrogen and oxygen atoms in total. The minimum Gasteiger partial charge on any atom is -0.493 e. The Balaban J connectivity index is 1.67. The van der Waals surface area contributed by atoms with Crippen molar-refractivity contribution >= 4 is 35.4 Å². The van der Waals surface area contributed by atoms with Crippen LogP contribution in [0.25, 0.3) is 0 Å². The first-order valence-corrected chi connectivity index (χ1v) is 9.32. The van der Waals surface area contributed by atoms with Gasteiger partial charge < -0.3 is 9.47 Å². The van der Waals surface area contributed by atoms with Gasteiger partial charge in [-0.05, 0) is 48.4 Å². The van der Waals surface area contributed by atoms with E-state index in [1.54, 1.807) is 44.5 Å². The van der Waals surface area contributed by atoms with E-state index < -0.39 is 0 Å². The molecular weight excluding hydrogens is 415 g/mol. The van der Waals surface area contributed by atoms with Gasteiger partial charge in [-0.15, -0.1) is 0 Å². The molecule has 0 unspecified atom stereocenters. The standard InChI is InChI=1S/C20H18Cl2N4O3/c1-12-7-19(27)25-20(24-12)26-23-10-13-4-6-17(18(9-13)28-2)29-11-14-3-5-15(21)16(22)8-14/h3-10H,11H2,1-2H3,(H2,24,25,26,27)/b23-10-. The van der Waals surface area contributed by atoms with Gasteiger partial charge in [0.05, 0.1) is 23.4 Å². The number of methoxy groups -OCH3 is 1. The van der Waals surface area contributed by atoms with Crippen LogP contribution in [0, 0.1) is 6.92 Å². The Morgan fingerprint density at radius 1 is 1.14 bits per heavy atom. The number of hydrogen-bond donors (Lipinski definition) is 2. The van der Waals surface area contributed by atoms with Gasteiger partial charge in [0, 0.05) is 11.8 Å². The minimum absolute atomic E-state index is 0.250. The second kappa shape index (κ2) is 9.45. The maximum atomic E-state index is 11.4. The van der Waals surface area contributed by atoms with Gasteiger partial charge in [-0.1, -0.05) is 29.3 Å². The average molecular weight is 433 g/mol. The molecule has 0 aliphatic rings. The van der Waals surface area contributed by atoms with Crippen LogP contribution in [-0.2, 0) is 6.61 Å². The van der Waals surface area contributed by atoms with Crippen LogP contribution < -0.4 is 20.5 Å².